The summed E-state index contributed by atoms with van der Waals surface area (Å²) in [6.07, 6.45) is 2.52. The van der Waals surface area contributed by atoms with Crippen molar-refractivity contribution in [2.24, 2.45) is 11.1 Å². The molecule has 1 aliphatic heterocycles. The maximum absolute atomic E-state index is 12.9. The Morgan fingerprint density at radius 3 is 2.33 bits per heavy atom. The van der Waals surface area contributed by atoms with Crippen LogP contribution in [0.3, 0.4) is 0 Å². The van der Waals surface area contributed by atoms with Crippen molar-refractivity contribution in [3.05, 3.63) is 40.5 Å². The van der Waals surface area contributed by atoms with Crippen molar-refractivity contribution in [1.29, 1.82) is 0 Å². The largest absolute Gasteiger partial charge is 0.493 e. The lowest BCUT2D eigenvalue weighted by atomic mass is 9.69. The molecule has 3 rings (SSSR count). The van der Waals surface area contributed by atoms with Gasteiger partial charge in [0.1, 0.15) is 11.3 Å². The van der Waals surface area contributed by atoms with E-state index in [0.29, 0.717) is 22.8 Å². The van der Waals surface area contributed by atoms with E-state index in [2.05, 4.69) is 13.8 Å². The summed E-state index contributed by atoms with van der Waals surface area (Å²) in [5.41, 5.74) is 8.48. The minimum Gasteiger partial charge on any atom is -0.493 e. The normalized spacial score (nSPS) is 20.3. The Labute approximate surface area is 177 Å². The number of hydrogen-bond acceptors (Lipinski definition) is 7. The predicted molar refractivity (Wildman–Crippen MR) is 112 cm³/mol. The van der Waals surface area contributed by atoms with Gasteiger partial charge in [0.05, 0.1) is 27.9 Å². The second-order valence-electron chi connectivity index (χ2n) is 8.28. The zero-order chi connectivity index (χ0) is 22.1. The molecule has 0 saturated heterocycles. The first-order chi connectivity index (χ1) is 14.3. The highest BCUT2D eigenvalue weighted by atomic mass is 16.5. The highest BCUT2D eigenvalue weighted by Crippen LogP contribution is 2.52. The fourth-order valence-electron chi connectivity index (χ4n) is 4.26. The third-order valence-corrected chi connectivity index (χ3v) is 5.71. The van der Waals surface area contributed by atoms with Crippen LogP contribution in [0.15, 0.2) is 34.9 Å². The van der Waals surface area contributed by atoms with Gasteiger partial charge in [-0.05, 0) is 48.4 Å². The van der Waals surface area contributed by atoms with E-state index >= 15 is 0 Å². The van der Waals surface area contributed by atoms with Crippen LogP contribution in [0.1, 0.15) is 51.5 Å². The first-order valence-corrected chi connectivity index (χ1v) is 10.1. The first kappa shape index (κ1) is 21.9. The van der Waals surface area contributed by atoms with Gasteiger partial charge in [0.25, 0.3) is 0 Å². The van der Waals surface area contributed by atoms with E-state index < -0.39 is 11.9 Å². The van der Waals surface area contributed by atoms with E-state index in [4.69, 9.17) is 29.4 Å². The van der Waals surface area contributed by atoms with E-state index in [9.17, 15) is 4.79 Å². The van der Waals surface area contributed by atoms with E-state index in [-0.39, 0.29) is 17.9 Å². The number of benzene rings is 1. The molecule has 7 nitrogen and oxygen atoms in total. The fourth-order valence-corrected chi connectivity index (χ4v) is 4.26. The van der Waals surface area contributed by atoms with Crippen LogP contribution in [0.4, 0.5) is 0 Å². The highest BCUT2D eigenvalue weighted by Gasteiger charge is 2.42. The molecule has 0 spiro atoms. The number of rotatable bonds is 6. The molecule has 0 radical (unpaired) electrons. The molecule has 7 heteroatoms. The van der Waals surface area contributed by atoms with E-state index in [1.54, 1.807) is 28.3 Å². The molecular weight excluding hydrogens is 386 g/mol. The third kappa shape index (κ3) is 3.93. The maximum atomic E-state index is 12.9. The summed E-state index contributed by atoms with van der Waals surface area (Å²) in [5, 5.41) is 0. The molecule has 0 amide bonds. The van der Waals surface area contributed by atoms with Gasteiger partial charge in [-0.2, -0.15) is 0 Å². The molecule has 0 saturated carbocycles. The van der Waals surface area contributed by atoms with Crippen LogP contribution >= 0.6 is 0 Å². The van der Waals surface area contributed by atoms with E-state index in [0.717, 1.165) is 36.2 Å². The van der Waals surface area contributed by atoms with Crippen molar-refractivity contribution < 1.29 is 28.5 Å². The highest BCUT2D eigenvalue weighted by molar-refractivity contribution is 5.92. The third-order valence-electron chi connectivity index (χ3n) is 5.71. The van der Waals surface area contributed by atoms with Crippen LogP contribution in [0.2, 0.25) is 0 Å². The molecule has 30 heavy (non-hydrogen) atoms. The number of carbonyl (C=O) groups excluding carboxylic acids is 1. The number of ether oxygens (including phenoxy) is 5. The van der Waals surface area contributed by atoms with Gasteiger partial charge in [-0.15, -0.1) is 0 Å². The topological polar surface area (TPSA) is 89.2 Å². The fraction of sp³-hybridized carbons (Fsp3) is 0.522. The van der Waals surface area contributed by atoms with Crippen molar-refractivity contribution in [2.45, 2.75) is 46.0 Å². The summed E-state index contributed by atoms with van der Waals surface area (Å²) in [7, 11) is 4.69. The van der Waals surface area contributed by atoms with Crippen LogP contribution in [-0.2, 0) is 14.3 Å². The van der Waals surface area contributed by atoms with Gasteiger partial charge in [0.2, 0.25) is 11.6 Å². The summed E-state index contributed by atoms with van der Waals surface area (Å²) >= 11 is 0. The summed E-state index contributed by atoms with van der Waals surface area (Å²) < 4.78 is 27.8. The molecule has 1 atom stereocenters. The minimum absolute atomic E-state index is 0.0763. The van der Waals surface area contributed by atoms with Crippen molar-refractivity contribution >= 4 is 5.97 Å². The zero-order valence-corrected chi connectivity index (χ0v) is 18.6. The predicted octanol–water partition coefficient (Wildman–Crippen LogP) is 4.02. The Hall–Kier alpha value is -2.83. The summed E-state index contributed by atoms with van der Waals surface area (Å²) in [4.78, 5) is 12.9. The number of esters is 1. The van der Waals surface area contributed by atoms with E-state index in [1.165, 1.54) is 0 Å². The number of methoxy groups -OCH3 is 3. The molecular formula is C23H31NO6. The second-order valence-corrected chi connectivity index (χ2v) is 8.28. The minimum atomic E-state index is -0.483. The molecule has 1 unspecified atom stereocenters. The van der Waals surface area contributed by atoms with Crippen LogP contribution in [0.5, 0.6) is 17.2 Å². The van der Waals surface area contributed by atoms with Crippen molar-refractivity contribution in [1.82, 2.24) is 0 Å². The molecule has 2 aliphatic rings. The number of allylic oxidation sites excluding steroid dienone is 2. The summed E-state index contributed by atoms with van der Waals surface area (Å²) in [6, 6.07) is 3.71. The lowest BCUT2D eigenvalue weighted by Gasteiger charge is -2.39. The lowest BCUT2D eigenvalue weighted by Crippen LogP contribution is -2.31. The Bertz CT molecular complexity index is 874. The average Bonchev–Trinajstić information content (AvgIpc) is 2.71. The van der Waals surface area contributed by atoms with Gasteiger partial charge in [0, 0.05) is 12.3 Å². The molecule has 1 aliphatic carbocycles. The standard InChI is InChI=1S/C23H31NO6/c1-7-29-22(25)19-18(13-10-16(26-4)20(28-6)17(11-13)27-5)14-12-23(2,3)9-8-15(14)30-21(19)24/h10-11,18H,7-9,12,24H2,1-6H3. The summed E-state index contributed by atoms with van der Waals surface area (Å²) in [5.74, 6) is 1.53. The molecule has 1 aromatic carbocycles. The molecule has 1 heterocycles. The Morgan fingerprint density at radius 1 is 1.17 bits per heavy atom. The van der Waals surface area contributed by atoms with Gasteiger partial charge < -0.3 is 29.4 Å². The Kier molecular flexibility index (Phi) is 6.19. The second kappa shape index (κ2) is 8.50. The van der Waals surface area contributed by atoms with E-state index in [1.807, 2.05) is 12.1 Å². The molecule has 0 fully saturated rings. The average molecular weight is 418 g/mol. The number of hydrogen-bond donors (Lipinski definition) is 1. The molecule has 164 valence electrons. The first-order valence-electron chi connectivity index (χ1n) is 10.1. The molecule has 0 aromatic heterocycles. The van der Waals surface area contributed by atoms with Gasteiger partial charge in [-0.3, -0.25) is 0 Å². The number of carbonyl (C=O) groups is 1. The number of nitrogens with two attached hydrogens (primary N) is 1. The van der Waals surface area contributed by atoms with Crippen LogP contribution in [0.25, 0.3) is 0 Å². The monoisotopic (exact) mass is 417 g/mol. The van der Waals surface area contributed by atoms with Crippen molar-refractivity contribution in [2.75, 3.05) is 27.9 Å². The molecule has 2 N–H and O–H groups in total. The molecule has 0 bridgehead atoms. The van der Waals surface area contributed by atoms with Gasteiger partial charge in [-0.25, -0.2) is 4.79 Å². The Balaban J connectivity index is 2.23. The van der Waals surface area contributed by atoms with Gasteiger partial charge in [0.15, 0.2) is 11.5 Å². The Morgan fingerprint density at radius 2 is 1.80 bits per heavy atom. The molecule has 1 aromatic rings. The van der Waals surface area contributed by atoms with Crippen LogP contribution in [0, 0.1) is 5.41 Å². The summed E-state index contributed by atoms with van der Waals surface area (Å²) in [6.45, 7) is 6.44. The zero-order valence-electron chi connectivity index (χ0n) is 18.6. The quantitative estimate of drug-likeness (QED) is 0.699. The smallest absolute Gasteiger partial charge is 0.340 e. The van der Waals surface area contributed by atoms with Gasteiger partial charge in [-0.1, -0.05) is 13.8 Å². The van der Waals surface area contributed by atoms with Gasteiger partial charge >= 0.3 is 5.97 Å². The van der Waals surface area contributed by atoms with Crippen molar-refractivity contribution in [3.63, 3.8) is 0 Å². The lowest BCUT2D eigenvalue weighted by molar-refractivity contribution is -0.139. The van der Waals surface area contributed by atoms with Crippen LogP contribution in [-0.4, -0.2) is 33.9 Å². The SMILES string of the molecule is CCOC(=O)C1=C(N)OC2=C(CC(C)(C)CC2)C1c1cc(OC)c(OC)c(OC)c1. The van der Waals surface area contributed by atoms with Crippen LogP contribution < -0.4 is 19.9 Å². The van der Waals surface area contributed by atoms with Crippen molar-refractivity contribution in [3.8, 4) is 17.2 Å². The maximum Gasteiger partial charge on any atom is 0.340 e.